The molecule has 0 unspecified atom stereocenters. The van der Waals surface area contributed by atoms with Crippen molar-refractivity contribution in [1.29, 1.82) is 0 Å². The third-order valence-corrected chi connectivity index (χ3v) is 5.33. The summed E-state index contributed by atoms with van der Waals surface area (Å²) < 4.78 is 3.43. The maximum atomic E-state index is 12.9. The van der Waals surface area contributed by atoms with Crippen molar-refractivity contribution in [3.05, 3.63) is 95.3 Å². The number of nitrogens with one attached hydrogen (secondary N) is 2. The number of carbonyl (C=O) groups is 1. The molecule has 6 aromatic rings. The van der Waals surface area contributed by atoms with Crippen LogP contribution < -0.4 is 10.9 Å². The van der Waals surface area contributed by atoms with Crippen LogP contribution in [0.5, 0.6) is 0 Å². The first-order chi connectivity index (χ1) is 15.7. The second kappa shape index (κ2) is 6.88. The maximum Gasteiger partial charge on any atom is 0.261 e. The number of nitrogens with zero attached hydrogens (tertiary/aromatic N) is 5. The van der Waals surface area contributed by atoms with E-state index in [4.69, 9.17) is 0 Å². The lowest BCUT2D eigenvalue weighted by Crippen LogP contribution is -2.15. The minimum atomic E-state index is -0.395. The molecule has 0 atom stereocenters. The van der Waals surface area contributed by atoms with Gasteiger partial charge in [0.2, 0.25) is 0 Å². The minimum absolute atomic E-state index is 0.262. The molecule has 0 aliphatic heterocycles. The van der Waals surface area contributed by atoms with E-state index in [2.05, 4.69) is 25.4 Å². The Hall–Kier alpha value is -4.79. The number of rotatable bonds is 3. The Balaban J connectivity index is 1.32. The highest BCUT2D eigenvalue weighted by Gasteiger charge is 2.16. The monoisotopic (exact) mass is 421 g/mol. The first kappa shape index (κ1) is 18.0. The summed E-state index contributed by atoms with van der Waals surface area (Å²) in [5, 5.41) is 7.60. The number of hydrogen-bond acceptors (Lipinski definition) is 5. The van der Waals surface area contributed by atoms with Crippen molar-refractivity contribution in [1.82, 2.24) is 29.1 Å². The summed E-state index contributed by atoms with van der Waals surface area (Å²) in [6, 6.07) is 18.4. The van der Waals surface area contributed by atoms with Gasteiger partial charge in [-0.1, -0.05) is 24.3 Å². The number of pyridine rings is 1. The molecule has 32 heavy (non-hydrogen) atoms. The van der Waals surface area contributed by atoms with Crippen molar-refractivity contribution in [3.63, 3.8) is 0 Å². The molecule has 0 saturated carbocycles. The highest BCUT2D eigenvalue weighted by atomic mass is 16.2. The molecule has 0 radical (unpaired) electrons. The molecule has 154 valence electrons. The number of carbonyl (C=O) groups excluding carboxylic acids is 1. The Labute approximate surface area is 180 Å². The smallest absolute Gasteiger partial charge is 0.261 e. The zero-order chi connectivity index (χ0) is 21.7. The van der Waals surface area contributed by atoms with Crippen molar-refractivity contribution < 1.29 is 4.79 Å². The van der Waals surface area contributed by atoms with Crippen LogP contribution in [0.15, 0.2) is 84.2 Å². The van der Waals surface area contributed by atoms with E-state index < -0.39 is 5.91 Å². The molecule has 0 aliphatic carbocycles. The number of benzene rings is 2. The largest absolute Gasteiger partial charge is 0.320 e. The highest BCUT2D eigenvalue weighted by molar-refractivity contribution is 6.08. The van der Waals surface area contributed by atoms with Gasteiger partial charge < -0.3 is 10.3 Å². The second-order valence-electron chi connectivity index (χ2n) is 7.25. The van der Waals surface area contributed by atoms with E-state index in [1.165, 1.54) is 6.20 Å². The number of anilines is 1. The summed E-state index contributed by atoms with van der Waals surface area (Å²) in [6.07, 6.45) is 4.73. The zero-order valence-corrected chi connectivity index (χ0v) is 16.6. The van der Waals surface area contributed by atoms with Crippen LogP contribution in [0.4, 0.5) is 5.69 Å². The molecule has 0 aliphatic rings. The van der Waals surface area contributed by atoms with Gasteiger partial charge in [0, 0.05) is 0 Å². The third-order valence-electron chi connectivity index (χ3n) is 5.33. The molecule has 9 nitrogen and oxygen atoms in total. The van der Waals surface area contributed by atoms with E-state index in [0.29, 0.717) is 28.1 Å². The quantitative estimate of drug-likeness (QED) is 0.456. The van der Waals surface area contributed by atoms with E-state index in [1.807, 2.05) is 34.9 Å². The molecule has 2 aromatic carbocycles. The van der Waals surface area contributed by atoms with Crippen LogP contribution in [-0.2, 0) is 0 Å². The van der Waals surface area contributed by atoms with Gasteiger partial charge in [0.25, 0.3) is 11.5 Å². The van der Waals surface area contributed by atoms with Crippen molar-refractivity contribution >= 4 is 39.2 Å². The fraction of sp³-hybridized carbons (Fsp3) is 0. The molecule has 2 N–H and O–H groups in total. The van der Waals surface area contributed by atoms with Crippen LogP contribution in [0.1, 0.15) is 10.4 Å². The fourth-order valence-electron chi connectivity index (χ4n) is 3.79. The topological polar surface area (TPSA) is 110 Å². The Morgan fingerprint density at radius 3 is 2.56 bits per heavy atom. The van der Waals surface area contributed by atoms with Crippen molar-refractivity contribution in [3.8, 4) is 5.82 Å². The number of amides is 1. The van der Waals surface area contributed by atoms with Gasteiger partial charge in [-0.05, 0) is 36.4 Å². The molecule has 0 fully saturated rings. The van der Waals surface area contributed by atoms with Crippen LogP contribution in [-0.4, -0.2) is 35.0 Å². The fourth-order valence-corrected chi connectivity index (χ4v) is 3.79. The van der Waals surface area contributed by atoms with Crippen molar-refractivity contribution in [2.24, 2.45) is 0 Å². The van der Waals surface area contributed by atoms with Gasteiger partial charge in [0.1, 0.15) is 23.4 Å². The van der Waals surface area contributed by atoms with E-state index in [1.54, 1.807) is 47.4 Å². The van der Waals surface area contributed by atoms with Gasteiger partial charge in [-0.2, -0.15) is 5.10 Å². The Morgan fingerprint density at radius 1 is 0.906 bits per heavy atom. The summed E-state index contributed by atoms with van der Waals surface area (Å²) in [6.45, 7) is 0. The van der Waals surface area contributed by atoms with Gasteiger partial charge in [-0.15, -0.1) is 0 Å². The molecular weight excluding hydrogens is 406 g/mol. The Bertz CT molecular complexity index is 1690. The summed E-state index contributed by atoms with van der Waals surface area (Å²) in [5.41, 5.74) is 3.29. The number of aromatic nitrogens is 6. The van der Waals surface area contributed by atoms with Crippen molar-refractivity contribution in [2.75, 3.05) is 5.32 Å². The minimum Gasteiger partial charge on any atom is -0.320 e. The summed E-state index contributed by atoms with van der Waals surface area (Å²) in [7, 11) is 0. The summed E-state index contributed by atoms with van der Waals surface area (Å²) in [5.74, 6) is 0.289. The van der Waals surface area contributed by atoms with Crippen molar-refractivity contribution in [2.45, 2.75) is 0 Å². The number of fused-ring (bicyclic) bond motifs is 4. The third kappa shape index (κ3) is 2.76. The molecule has 1 amide bonds. The van der Waals surface area contributed by atoms with Crippen LogP contribution in [0, 0.1) is 0 Å². The molecular formula is C23H15N7O2. The Kier molecular flexibility index (Phi) is 3.87. The lowest BCUT2D eigenvalue weighted by atomic mass is 10.2. The van der Waals surface area contributed by atoms with E-state index >= 15 is 0 Å². The molecule has 0 bridgehead atoms. The maximum absolute atomic E-state index is 12.9. The van der Waals surface area contributed by atoms with Crippen LogP contribution in [0.3, 0.4) is 0 Å². The first-order valence-corrected chi connectivity index (χ1v) is 9.88. The van der Waals surface area contributed by atoms with Gasteiger partial charge >= 0.3 is 0 Å². The number of hydrogen-bond donors (Lipinski definition) is 2. The van der Waals surface area contributed by atoms with Crippen LogP contribution >= 0.6 is 0 Å². The van der Waals surface area contributed by atoms with E-state index in [0.717, 1.165) is 11.0 Å². The molecule has 0 saturated heterocycles. The predicted octanol–water partition coefficient (Wildman–Crippen LogP) is 3.16. The lowest BCUT2D eigenvalue weighted by Gasteiger charge is -2.07. The van der Waals surface area contributed by atoms with Gasteiger partial charge in [-0.3, -0.25) is 14.2 Å². The number of para-hydroxylation sites is 3. The second-order valence-corrected chi connectivity index (χ2v) is 7.25. The standard InChI is InChI=1S/C23H15N7O2/c31-22-15-5-1-3-7-18(15)30-21(28-22)16(12-26-30)23(32)27-14-9-10-20(24-11-14)29-13-25-17-6-2-4-8-19(17)29/h1-13H,(H,27,32)(H,28,31). The highest BCUT2D eigenvalue weighted by Crippen LogP contribution is 2.19. The van der Waals surface area contributed by atoms with E-state index in [-0.39, 0.29) is 11.1 Å². The molecule has 4 heterocycles. The number of imidazole rings is 1. The normalized spacial score (nSPS) is 11.4. The Morgan fingerprint density at radius 2 is 1.72 bits per heavy atom. The predicted molar refractivity (Wildman–Crippen MR) is 120 cm³/mol. The zero-order valence-electron chi connectivity index (χ0n) is 16.6. The molecule has 9 heteroatoms. The molecule has 0 spiro atoms. The van der Waals surface area contributed by atoms with Gasteiger partial charge in [-0.25, -0.2) is 14.5 Å². The molecule has 6 rings (SSSR count). The summed E-state index contributed by atoms with van der Waals surface area (Å²) in [4.78, 5) is 36.9. The van der Waals surface area contributed by atoms with Crippen LogP contribution in [0.2, 0.25) is 0 Å². The van der Waals surface area contributed by atoms with Gasteiger partial charge in [0.15, 0.2) is 0 Å². The average Bonchev–Trinajstić information content (AvgIpc) is 3.44. The number of aromatic amines is 1. The average molecular weight is 421 g/mol. The lowest BCUT2D eigenvalue weighted by molar-refractivity contribution is 0.102. The summed E-state index contributed by atoms with van der Waals surface area (Å²) >= 11 is 0. The SMILES string of the molecule is O=C(Nc1ccc(-n2cnc3ccccc32)nc1)c1cnn2c1[nH]c(=O)c1ccccc12. The van der Waals surface area contributed by atoms with Crippen LogP contribution in [0.25, 0.3) is 33.4 Å². The van der Waals surface area contributed by atoms with E-state index in [9.17, 15) is 9.59 Å². The van der Waals surface area contributed by atoms with Gasteiger partial charge in [0.05, 0.1) is 40.0 Å². The number of H-pyrrole nitrogens is 1. The first-order valence-electron chi connectivity index (χ1n) is 9.88. The molecule has 4 aromatic heterocycles.